The van der Waals surface area contributed by atoms with Crippen LogP contribution in [0.4, 0.5) is 0 Å². The molecule has 0 aromatic heterocycles. The number of carbonyl (C=O) groups is 2. The number of amides is 2. The summed E-state index contributed by atoms with van der Waals surface area (Å²) in [5, 5.41) is 17.5. The molecule has 0 unspecified atom stereocenters. The number of rotatable bonds is 11. The third-order valence-corrected chi connectivity index (χ3v) is 10.9. The van der Waals surface area contributed by atoms with Gasteiger partial charge in [-0.25, -0.2) is 0 Å². The number of aliphatic hydroxyl groups excluding tert-OH is 1. The number of carbonyl (C=O) groups excluding carboxylic acids is 2. The number of aryl methyl sites for hydroxylation is 3. The number of β-amino-alcohol motifs (C(OH)–C–C–N with tert-alkyl or cyclic N) is 1. The molecule has 9 nitrogen and oxygen atoms in total. The molecule has 3 aromatic rings. The minimum Gasteiger partial charge on any atom is -0.490 e. The molecule has 4 atom stereocenters. The van der Waals surface area contributed by atoms with Gasteiger partial charge in [-0.15, -0.1) is 0 Å². The Morgan fingerprint density at radius 2 is 1.70 bits per heavy atom. The van der Waals surface area contributed by atoms with Gasteiger partial charge in [0.2, 0.25) is 5.91 Å². The standard InChI is InChI=1S/C40H47ClN4O5/c1-24-6-4-5-7-28(24)21-45(30-10-11-30)40(48)38-33(18-29-22-44(23-36(38)43-29)39(47)35-19-31(46)20-42-35)27-8-12-32(13-9-27)49-14-15-50-37-17-26(3)25(2)16-34(37)41/h4-9,12-13,16-17,29-31,35-36,42-43,46H,10-11,14-15,18-23H2,1-3H3/t29-,31+,35-,36-/m0/s1. The van der Waals surface area contributed by atoms with Gasteiger partial charge in [-0.05, 0) is 104 Å². The van der Waals surface area contributed by atoms with Gasteiger partial charge < -0.3 is 35.0 Å². The number of ether oxygens (including phenoxy) is 2. The van der Waals surface area contributed by atoms with Crippen molar-refractivity contribution in [1.29, 1.82) is 0 Å². The van der Waals surface area contributed by atoms with E-state index in [1.54, 1.807) is 0 Å². The number of hydrogen-bond acceptors (Lipinski definition) is 7. The normalized spacial score (nSPS) is 23.2. The predicted octanol–water partition coefficient (Wildman–Crippen LogP) is 4.96. The molecule has 50 heavy (non-hydrogen) atoms. The number of fused-ring (bicyclic) bond motifs is 2. The van der Waals surface area contributed by atoms with Gasteiger partial charge in [-0.2, -0.15) is 0 Å². The van der Waals surface area contributed by atoms with Crippen LogP contribution in [0.15, 0.2) is 66.2 Å². The Kier molecular flexibility index (Phi) is 10.2. The lowest BCUT2D eigenvalue weighted by atomic mass is 9.82. The van der Waals surface area contributed by atoms with Gasteiger partial charge in [0.25, 0.3) is 5.91 Å². The van der Waals surface area contributed by atoms with E-state index in [9.17, 15) is 14.7 Å². The highest BCUT2D eigenvalue weighted by molar-refractivity contribution is 6.32. The SMILES string of the molecule is Cc1cc(Cl)c(OCCOc2ccc(C3=C(C(=O)N(Cc4ccccc4C)C4CC4)[C@@H]4CN(C(=O)[C@@H]5C[C@@H](O)CN5)C[C@H](C3)N4)cc2)cc1C. The fraction of sp³-hybridized carbons (Fsp3) is 0.450. The lowest BCUT2D eigenvalue weighted by molar-refractivity contribution is -0.136. The van der Waals surface area contributed by atoms with Crippen LogP contribution < -0.4 is 20.1 Å². The molecule has 4 aliphatic rings. The van der Waals surface area contributed by atoms with Gasteiger partial charge >= 0.3 is 0 Å². The Morgan fingerprint density at radius 1 is 0.960 bits per heavy atom. The van der Waals surface area contributed by atoms with Crippen LogP contribution in [0.1, 0.15) is 53.5 Å². The first-order valence-electron chi connectivity index (χ1n) is 17.8. The molecule has 3 aliphatic heterocycles. The minimum atomic E-state index is -0.515. The van der Waals surface area contributed by atoms with Gasteiger partial charge in [-0.1, -0.05) is 48.0 Å². The van der Waals surface area contributed by atoms with Crippen LogP contribution in [0.2, 0.25) is 5.02 Å². The smallest absolute Gasteiger partial charge is 0.252 e. The molecule has 1 saturated carbocycles. The van der Waals surface area contributed by atoms with Gasteiger partial charge in [0.05, 0.1) is 23.2 Å². The Morgan fingerprint density at radius 3 is 2.42 bits per heavy atom. The molecule has 2 bridgehead atoms. The van der Waals surface area contributed by atoms with Crippen LogP contribution in [-0.2, 0) is 16.1 Å². The zero-order valence-corrected chi connectivity index (χ0v) is 29.8. The molecule has 7 rings (SSSR count). The summed E-state index contributed by atoms with van der Waals surface area (Å²) in [5.41, 5.74) is 7.31. The molecule has 1 aliphatic carbocycles. The second-order valence-corrected chi connectivity index (χ2v) is 14.7. The van der Waals surface area contributed by atoms with Crippen molar-refractivity contribution < 1.29 is 24.2 Å². The summed E-state index contributed by atoms with van der Waals surface area (Å²) in [4.78, 5) is 32.3. The second kappa shape index (κ2) is 14.8. The highest BCUT2D eigenvalue weighted by Gasteiger charge is 2.44. The number of aliphatic hydroxyl groups is 1. The summed E-state index contributed by atoms with van der Waals surface area (Å²) in [7, 11) is 0. The number of nitrogens with one attached hydrogen (secondary N) is 2. The summed E-state index contributed by atoms with van der Waals surface area (Å²) >= 11 is 6.37. The number of halogens is 1. The van der Waals surface area contributed by atoms with Crippen molar-refractivity contribution in [3.05, 3.63) is 99.1 Å². The van der Waals surface area contributed by atoms with Crippen molar-refractivity contribution in [1.82, 2.24) is 20.4 Å². The summed E-state index contributed by atoms with van der Waals surface area (Å²) in [5.74, 6) is 1.40. The molecule has 0 radical (unpaired) electrons. The van der Waals surface area contributed by atoms with E-state index in [-0.39, 0.29) is 29.9 Å². The van der Waals surface area contributed by atoms with Crippen molar-refractivity contribution in [2.24, 2.45) is 0 Å². The van der Waals surface area contributed by atoms with Crippen molar-refractivity contribution in [3.8, 4) is 11.5 Å². The van der Waals surface area contributed by atoms with Crippen molar-refractivity contribution in [2.75, 3.05) is 32.8 Å². The lowest BCUT2D eigenvalue weighted by Crippen LogP contribution is -2.63. The average Bonchev–Trinajstić information content (AvgIpc) is 3.86. The van der Waals surface area contributed by atoms with Crippen molar-refractivity contribution in [3.63, 3.8) is 0 Å². The van der Waals surface area contributed by atoms with Gasteiger partial charge in [0, 0.05) is 43.8 Å². The second-order valence-electron chi connectivity index (χ2n) is 14.3. The van der Waals surface area contributed by atoms with E-state index in [4.69, 9.17) is 21.1 Å². The van der Waals surface area contributed by atoms with E-state index < -0.39 is 12.1 Å². The molecule has 3 heterocycles. The van der Waals surface area contributed by atoms with Gasteiger partial charge in [0.1, 0.15) is 24.7 Å². The minimum absolute atomic E-state index is 0.00229. The summed E-state index contributed by atoms with van der Waals surface area (Å²) in [6, 6.07) is 19.6. The molecular formula is C40H47ClN4O5. The van der Waals surface area contributed by atoms with E-state index >= 15 is 0 Å². The predicted molar refractivity (Wildman–Crippen MR) is 194 cm³/mol. The third kappa shape index (κ3) is 7.56. The van der Waals surface area contributed by atoms with Gasteiger partial charge in [-0.3, -0.25) is 9.59 Å². The maximum absolute atomic E-state index is 14.8. The quantitative estimate of drug-likeness (QED) is 0.243. The van der Waals surface area contributed by atoms with E-state index in [1.165, 1.54) is 5.56 Å². The zero-order chi connectivity index (χ0) is 34.9. The summed E-state index contributed by atoms with van der Waals surface area (Å²) < 4.78 is 11.9. The van der Waals surface area contributed by atoms with Crippen LogP contribution in [0.3, 0.4) is 0 Å². The molecule has 264 valence electrons. The van der Waals surface area contributed by atoms with Crippen LogP contribution in [0.25, 0.3) is 5.57 Å². The highest BCUT2D eigenvalue weighted by Crippen LogP contribution is 2.38. The number of piperazine rings is 1. The van der Waals surface area contributed by atoms with Crippen LogP contribution in [0.5, 0.6) is 11.5 Å². The van der Waals surface area contributed by atoms with Crippen LogP contribution >= 0.6 is 11.6 Å². The molecule has 3 aromatic carbocycles. The lowest BCUT2D eigenvalue weighted by Gasteiger charge is -2.45. The first kappa shape index (κ1) is 34.6. The Hall–Kier alpha value is -3.89. The fourth-order valence-corrected chi connectivity index (χ4v) is 7.75. The first-order valence-corrected chi connectivity index (χ1v) is 18.2. The molecule has 3 N–H and O–H groups in total. The van der Waals surface area contributed by atoms with Crippen molar-refractivity contribution >= 4 is 29.0 Å². The van der Waals surface area contributed by atoms with E-state index in [2.05, 4.69) is 34.6 Å². The molecule has 2 amide bonds. The van der Waals surface area contributed by atoms with E-state index in [1.807, 2.05) is 67.3 Å². The molecule has 0 spiro atoms. The van der Waals surface area contributed by atoms with Crippen molar-refractivity contribution in [2.45, 2.75) is 83.3 Å². The summed E-state index contributed by atoms with van der Waals surface area (Å²) in [6.07, 6.45) is 2.50. The highest BCUT2D eigenvalue weighted by atomic mass is 35.5. The maximum atomic E-state index is 14.8. The molecule has 10 heteroatoms. The number of nitrogens with zero attached hydrogens (tertiary/aromatic N) is 2. The Bertz CT molecular complexity index is 1770. The Labute approximate surface area is 299 Å². The Balaban J connectivity index is 1.12. The topological polar surface area (TPSA) is 103 Å². The third-order valence-electron chi connectivity index (χ3n) is 10.6. The fourth-order valence-electron chi connectivity index (χ4n) is 7.48. The molecular weight excluding hydrogens is 652 g/mol. The maximum Gasteiger partial charge on any atom is 0.252 e. The largest absolute Gasteiger partial charge is 0.490 e. The number of hydrogen-bond donors (Lipinski definition) is 3. The summed E-state index contributed by atoms with van der Waals surface area (Å²) in [6.45, 7) is 8.79. The van der Waals surface area contributed by atoms with E-state index in [0.717, 1.165) is 46.2 Å². The van der Waals surface area contributed by atoms with Gasteiger partial charge in [0.15, 0.2) is 0 Å². The zero-order valence-electron chi connectivity index (χ0n) is 29.1. The molecule has 2 saturated heterocycles. The van der Waals surface area contributed by atoms with E-state index in [0.29, 0.717) is 68.8 Å². The number of benzene rings is 3. The van der Waals surface area contributed by atoms with Crippen LogP contribution in [-0.4, -0.2) is 89.8 Å². The van der Waals surface area contributed by atoms with Crippen LogP contribution in [0, 0.1) is 20.8 Å². The first-order chi connectivity index (χ1) is 24.1. The molecule has 3 fully saturated rings. The monoisotopic (exact) mass is 698 g/mol. The average molecular weight is 699 g/mol.